The largest absolute Gasteiger partial charge is 0.368 e. The standard InChI is InChI=1S/C17H14F3N5/c18-12-3-1-11(2-4-12)7-8-21-16-10-22-25-17(24-16)23-15-6-5-13(19)9-14(15)20/h1-6,9-10H,7-8H2,(H2,21,23,24,25). The summed E-state index contributed by atoms with van der Waals surface area (Å²) in [6.45, 7) is 0.550. The molecule has 0 spiro atoms. The highest BCUT2D eigenvalue weighted by atomic mass is 19.1. The number of hydrogen-bond donors (Lipinski definition) is 2. The van der Waals surface area contributed by atoms with E-state index >= 15 is 0 Å². The number of hydrogen-bond acceptors (Lipinski definition) is 5. The smallest absolute Gasteiger partial charge is 0.249 e. The number of halogens is 3. The van der Waals surface area contributed by atoms with Gasteiger partial charge in [0.05, 0.1) is 11.9 Å². The van der Waals surface area contributed by atoms with E-state index < -0.39 is 11.6 Å². The summed E-state index contributed by atoms with van der Waals surface area (Å²) in [7, 11) is 0. The third-order valence-corrected chi connectivity index (χ3v) is 3.37. The zero-order valence-electron chi connectivity index (χ0n) is 13.0. The van der Waals surface area contributed by atoms with Crippen molar-refractivity contribution >= 4 is 17.5 Å². The minimum atomic E-state index is -0.752. The number of nitrogens with zero attached hydrogens (tertiary/aromatic N) is 3. The summed E-state index contributed by atoms with van der Waals surface area (Å²) in [5, 5.41) is 13.2. The molecule has 0 aliphatic carbocycles. The van der Waals surface area contributed by atoms with Crippen LogP contribution in [0.15, 0.2) is 48.7 Å². The Morgan fingerprint density at radius 1 is 0.920 bits per heavy atom. The second kappa shape index (κ2) is 7.61. The lowest BCUT2D eigenvalue weighted by atomic mass is 10.1. The van der Waals surface area contributed by atoms with Crippen molar-refractivity contribution in [1.82, 2.24) is 15.2 Å². The fraction of sp³-hybridized carbons (Fsp3) is 0.118. The molecule has 0 saturated heterocycles. The van der Waals surface area contributed by atoms with Crippen LogP contribution in [0.2, 0.25) is 0 Å². The Morgan fingerprint density at radius 2 is 1.68 bits per heavy atom. The Kier molecular flexibility index (Phi) is 5.08. The van der Waals surface area contributed by atoms with Gasteiger partial charge in [0.25, 0.3) is 0 Å². The molecule has 0 amide bonds. The average Bonchev–Trinajstić information content (AvgIpc) is 2.60. The van der Waals surface area contributed by atoms with Crippen LogP contribution in [-0.2, 0) is 6.42 Å². The molecule has 1 aromatic heterocycles. The Balaban J connectivity index is 1.60. The molecule has 0 fully saturated rings. The molecule has 0 atom stereocenters. The van der Waals surface area contributed by atoms with Crippen LogP contribution in [0.25, 0.3) is 0 Å². The predicted octanol–water partition coefficient (Wildman–Crippen LogP) is 3.69. The lowest BCUT2D eigenvalue weighted by Gasteiger charge is -2.08. The maximum atomic E-state index is 13.6. The predicted molar refractivity (Wildman–Crippen MR) is 88.1 cm³/mol. The van der Waals surface area contributed by atoms with Gasteiger partial charge in [-0.2, -0.15) is 10.1 Å². The van der Waals surface area contributed by atoms with Crippen LogP contribution in [-0.4, -0.2) is 21.7 Å². The second-order valence-electron chi connectivity index (χ2n) is 5.22. The first-order valence-corrected chi connectivity index (χ1v) is 7.50. The van der Waals surface area contributed by atoms with Gasteiger partial charge in [-0.3, -0.25) is 0 Å². The quantitative estimate of drug-likeness (QED) is 0.713. The minimum Gasteiger partial charge on any atom is -0.368 e. The van der Waals surface area contributed by atoms with Crippen molar-refractivity contribution in [3.05, 3.63) is 71.7 Å². The molecule has 0 bridgehead atoms. The number of rotatable bonds is 6. The molecule has 5 nitrogen and oxygen atoms in total. The van der Waals surface area contributed by atoms with Gasteiger partial charge in [-0.15, -0.1) is 5.10 Å². The zero-order valence-corrected chi connectivity index (χ0v) is 13.0. The molecule has 3 aromatic rings. The molecule has 1 heterocycles. The summed E-state index contributed by atoms with van der Waals surface area (Å²) in [5.74, 6) is -1.17. The fourth-order valence-electron chi connectivity index (χ4n) is 2.14. The summed E-state index contributed by atoms with van der Waals surface area (Å²) < 4.78 is 39.4. The molecule has 0 unspecified atom stereocenters. The third-order valence-electron chi connectivity index (χ3n) is 3.37. The fourth-order valence-corrected chi connectivity index (χ4v) is 2.14. The Bertz CT molecular complexity index is 855. The molecule has 128 valence electrons. The van der Waals surface area contributed by atoms with Crippen molar-refractivity contribution in [2.75, 3.05) is 17.2 Å². The van der Waals surface area contributed by atoms with Gasteiger partial charge in [-0.1, -0.05) is 12.1 Å². The summed E-state index contributed by atoms with van der Waals surface area (Å²) >= 11 is 0. The first-order valence-electron chi connectivity index (χ1n) is 7.50. The molecule has 0 saturated carbocycles. The van der Waals surface area contributed by atoms with Gasteiger partial charge in [0.1, 0.15) is 17.5 Å². The van der Waals surface area contributed by atoms with Crippen LogP contribution in [0.1, 0.15) is 5.56 Å². The SMILES string of the molecule is Fc1ccc(CCNc2cnnc(Nc3ccc(F)cc3F)n2)cc1. The van der Waals surface area contributed by atoms with Gasteiger partial charge >= 0.3 is 0 Å². The number of anilines is 3. The van der Waals surface area contributed by atoms with E-state index in [2.05, 4.69) is 25.8 Å². The highest BCUT2D eigenvalue weighted by molar-refractivity contribution is 5.54. The van der Waals surface area contributed by atoms with Crippen LogP contribution in [0.3, 0.4) is 0 Å². The first kappa shape index (κ1) is 16.7. The van der Waals surface area contributed by atoms with Crippen molar-refractivity contribution in [3.63, 3.8) is 0 Å². The average molecular weight is 345 g/mol. The topological polar surface area (TPSA) is 62.7 Å². The number of nitrogens with one attached hydrogen (secondary N) is 2. The van der Waals surface area contributed by atoms with Crippen LogP contribution in [0.5, 0.6) is 0 Å². The summed E-state index contributed by atoms with van der Waals surface area (Å²) in [4.78, 5) is 4.16. The molecule has 0 radical (unpaired) electrons. The molecule has 25 heavy (non-hydrogen) atoms. The molecule has 2 N–H and O–H groups in total. The molecule has 0 aliphatic rings. The molecule has 2 aromatic carbocycles. The lowest BCUT2D eigenvalue weighted by Crippen LogP contribution is -2.09. The van der Waals surface area contributed by atoms with Crippen LogP contribution in [0, 0.1) is 17.5 Å². The Morgan fingerprint density at radius 3 is 2.44 bits per heavy atom. The van der Waals surface area contributed by atoms with E-state index in [1.165, 1.54) is 24.4 Å². The van der Waals surface area contributed by atoms with E-state index in [-0.39, 0.29) is 17.5 Å². The number of aromatic nitrogens is 3. The zero-order chi connectivity index (χ0) is 17.6. The van der Waals surface area contributed by atoms with Crippen molar-refractivity contribution in [2.45, 2.75) is 6.42 Å². The van der Waals surface area contributed by atoms with Crippen LogP contribution >= 0.6 is 0 Å². The van der Waals surface area contributed by atoms with Crippen molar-refractivity contribution in [3.8, 4) is 0 Å². The van der Waals surface area contributed by atoms with E-state index in [4.69, 9.17) is 0 Å². The number of benzene rings is 2. The monoisotopic (exact) mass is 345 g/mol. The lowest BCUT2D eigenvalue weighted by molar-refractivity contribution is 0.586. The molecule has 0 aliphatic heterocycles. The van der Waals surface area contributed by atoms with E-state index in [1.807, 2.05) is 0 Å². The van der Waals surface area contributed by atoms with Crippen LogP contribution < -0.4 is 10.6 Å². The Labute approximate surface area is 141 Å². The molecule has 8 heteroatoms. The van der Waals surface area contributed by atoms with E-state index in [0.29, 0.717) is 18.8 Å². The van der Waals surface area contributed by atoms with Crippen molar-refractivity contribution in [1.29, 1.82) is 0 Å². The minimum absolute atomic E-state index is 0.0478. The normalized spacial score (nSPS) is 10.5. The van der Waals surface area contributed by atoms with E-state index in [9.17, 15) is 13.2 Å². The van der Waals surface area contributed by atoms with E-state index in [0.717, 1.165) is 17.7 Å². The van der Waals surface area contributed by atoms with Gasteiger partial charge in [-0.25, -0.2) is 13.2 Å². The highest BCUT2D eigenvalue weighted by Gasteiger charge is 2.07. The van der Waals surface area contributed by atoms with Crippen molar-refractivity contribution < 1.29 is 13.2 Å². The maximum absolute atomic E-state index is 13.6. The molecular formula is C17H14F3N5. The first-order chi connectivity index (χ1) is 12.1. The van der Waals surface area contributed by atoms with Crippen LogP contribution in [0.4, 0.5) is 30.6 Å². The second-order valence-corrected chi connectivity index (χ2v) is 5.22. The van der Waals surface area contributed by atoms with E-state index in [1.54, 1.807) is 12.1 Å². The third kappa shape index (κ3) is 4.66. The summed E-state index contributed by atoms with van der Waals surface area (Å²) in [6, 6.07) is 9.37. The van der Waals surface area contributed by atoms with Gasteiger partial charge in [-0.05, 0) is 36.2 Å². The maximum Gasteiger partial charge on any atom is 0.249 e. The molecule has 3 rings (SSSR count). The summed E-state index contributed by atoms with van der Waals surface area (Å²) in [5.41, 5.74) is 1.02. The van der Waals surface area contributed by atoms with Gasteiger partial charge < -0.3 is 10.6 Å². The molecular weight excluding hydrogens is 331 g/mol. The van der Waals surface area contributed by atoms with Crippen molar-refractivity contribution in [2.24, 2.45) is 0 Å². The van der Waals surface area contributed by atoms with Gasteiger partial charge in [0.2, 0.25) is 5.95 Å². The Hall–Kier alpha value is -3.16. The van der Waals surface area contributed by atoms with Gasteiger partial charge in [0.15, 0.2) is 5.82 Å². The van der Waals surface area contributed by atoms with Gasteiger partial charge in [0, 0.05) is 12.6 Å². The summed E-state index contributed by atoms with van der Waals surface area (Å²) in [6.07, 6.45) is 2.09. The highest BCUT2D eigenvalue weighted by Crippen LogP contribution is 2.18.